The van der Waals surface area contributed by atoms with Crippen molar-refractivity contribution in [2.75, 3.05) is 19.8 Å². The largest absolute Gasteiger partial charge is 0.417 e. The zero-order valence-electron chi connectivity index (χ0n) is 9.68. The lowest BCUT2D eigenvalue weighted by Gasteiger charge is -2.45. The number of aromatic nitrogens is 1. The SMILES string of the molecule is NCC(O)C1(c2ccc3[nH]c(=O)oc3c2)COC1. The topological polar surface area (TPSA) is 101 Å². The molecule has 0 amide bonds. The zero-order valence-corrected chi connectivity index (χ0v) is 9.68. The average Bonchev–Trinajstić information content (AvgIpc) is 2.66. The van der Waals surface area contributed by atoms with Crippen LogP contribution < -0.4 is 11.5 Å². The monoisotopic (exact) mass is 250 g/mol. The molecule has 0 spiro atoms. The fourth-order valence-electron chi connectivity index (χ4n) is 2.35. The lowest BCUT2D eigenvalue weighted by Crippen LogP contribution is -2.57. The van der Waals surface area contributed by atoms with Gasteiger partial charge in [0.25, 0.3) is 0 Å². The van der Waals surface area contributed by atoms with Crippen molar-refractivity contribution < 1.29 is 14.3 Å². The van der Waals surface area contributed by atoms with Crippen molar-refractivity contribution in [3.8, 4) is 0 Å². The molecule has 6 heteroatoms. The predicted molar refractivity (Wildman–Crippen MR) is 64.4 cm³/mol. The van der Waals surface area contributed by atoms with Gasteiger partial charge in [-0.3, -0.25) is 4.98 Å². The minimum absolute atomic E-state index is 0.165. The highest BCUT2D eigenvalue weighted by Crippen LogP contribution is 2.36. The first-order valence-electron chi connectivity index (χ1n) is 5.75. The summed E-state index contributed by atoms with van der Waals surface area (Å²) in [5.74, 6) is -0.486. The molecule has 1 saturated heterocycles. The summed E-state index contributed by atoms with van der Waals surface area (Å²) in [5, 5.41) is 10.1. The van der Waals surface area contributed by atoms with Gasteiger partial charge in [-0.1, -0.05) is 6.07 Å². The van der Waals surface area contributed by atoms with Gasteiger partial charge in [-0.05, 0) is 17.7 Å². The number of benzene rings is 1. The van der Waals surface area contributed by atoms with E-state index in [9.17, 15) is 9.90 Å². The van der Waals surface area contributed by atoms with E-state index in [4.69, 9.17) is 14.9 Å². The first-order valence-corrected chi connectivity index (χ1v) is 5.75. The van der Waals surface area contributed by atoms with E-state index in [1.165, 1.54) is 0 Å². The van der Waals surface area contributed by atoms with Gasteiger partial charge in [0.2, 0.25) is 0 Å². The Labute approximate surface area is 102 Å². The quantitative estimate of drug-likeness (QED) is 0.694. The zero-order chi connectivity index (χ0) is 12.8. The van der Waals surface area contributed by atoms with Crippen LogP contribution in [0.1, 0.15) is 5.56 Å². The molecule has 1 aromatic carbocycles. The minimum Gasteiger partial charge on any atom is -0.408 e. The van der Waals surface area contributed by atoms with Crippen molar-refractivity contribution in [2.45, 2.75) is 11.5 Å². The molecule has 0 radical (unpaired) electrons. The number of hydrogen-bond donors (Lipinski definition) is 3. The summed E-state index contributed by atoms with van der Waals surface area (Å²) in [7, 11) is 0. The van der Waals surface area contributed by atoms with Crippen LogP contribution in [0.5, 0.6) is 0 Å². The van der Waals surface area contributed by atoms with Gasteiger partial charge in [0.1, 0.15) is 0 Å². The summed E-state index contributed by atoms with van der Waals surface area (Å²) >= 11 is 0. The molecule has 1 fully saturated rings. The Morgan fingerprint density at radius 1 is 1.50 bits per heavy atom. The number of hydrogen-bond acceptors (Lipinski definition) is 5. The third-order valence-electron chi connectivity index (χ3n) is 3.58. The minimum atomic E-state index is -0.672. The van der Waals surface area contributed by atoms with Crippen LogP contribution in [0.25, 0.3) is 11.1 Å². The number of rotatable bonds is 3. The Morgan fingerprint density at radius 3 is 2.89 bits per heavy atom. The maximum atomic E-state index is 11.1. The highest BCUT2D eigenvalue weighted by molar-refractivity contribution is 5.73. The third-order valence-corrected chi connectivity index (χ3v) is 3.58. The summed E-state index contributed by atoms with van der Waals surface area (Å²) in [5.41, 5.74) is 7.05. The van der Waals surface area contributed by atoms with Gasteiger partial charge in [0.15, 0.2) is 5.58 Å². The molecule has 96 valence electrons. The number of ether oxygens (including phenoxy) is 1. The number of aliphatic hydroxyl groups excluding tert-OH is 1. The van der Waals surface area contributed by atoms with Crippen LogP contribution in [-0.2, 0) is 10.2 Å². The fraction of sp³-hybridized carbons (Fsp3) is 0.417. The summed E-state index contributed by atoms with van der Waals surface area (Å²) in [4.78, 5) is 13.7. The van der Waals surface area contributed by atoms with E-state index in [1.807, 2.05) is 6.07 Å². The lowest BCUT2D eigenvalue weighted by molar-refractivity contribution is -0.116. The van der Waals surface area contributed by atoms with Crippen molar-refractivity contribution in [2.24, 2.45) is 5.73 Å². The highest BCUT2D eigenvalue weighted by Gasteiger charge is 2.46. The van der Waals surface area contributed by atoms with Crippen LogP contribution >= 0.6 is 0 Å². The standard InChI is InChI=1S/C12H14N2O4/c13-4-10(15)12(5-17-6-12)7-1-2-8-9(3-7)18-11(16)14-8/h1-3,10,15H,4-6,13H2,(H,14,16). The molecule has 0 aliphatic carbocycles. The molecule has 2 heterocycles. The number of H-pyrrole nitrogens is 1. The van der Waals surface area contributed by atoms with Crippen LogP contribution in [0.4, 0.5) is 0 Å². The van der Waals surface area contributed by atoms with Gasteiger partial charge in [0.05, 0.1) is 30.2 Å². The molecule has 2 aromatic rings. The number of aliphatic hydroxyl groups is 1. The molecule has 1 aliphatic heterocycles. The Kier molecular flexibility index (Phi) is 2.51. The second-order valence-corrected chi connectivity index (χ2v) is 4.63. The average molecular weight is 250 g/mol. The van der Waals surface area contributed by atoms with Crippen molar-refractivity contribution in [1.29, 1.82) is 0 Å². The van der Waals surface area contributed by atoms with E-state index >= 15 is 0 Å². The Hall–Kier alpha value is -1.63. The van der Waals surface area contributed by atoms with Crippen LogP contribution in [0.15, 0.2) is 27.4 Å². The second kappa shape index (κ2) is 3.94. The van der Waals surface area contributed by atoms with Gasteiger partial charge in [0, 0.05) is 6.54 Å². The Balaban J connectivity index is 2.09. The molecule has 1 aliphatic rings. The van der Waals surface area contributed by atoms with Crippen LogP contribution in [0, 0.1) is 0 Å². The number of fused-ring (bicyclic) bond motifs is 1. The van der Waals surface area contributed by atoms with Crippen molar-refractivity contribution in [1.82, 2.24) is 4.98 Å². The molecule has 3 rings (SSSR count). The number of nitrogens with two attached hydrogens (primary N) is 1. The van der Waals surface area contributed by atoms with Gasteiger partial charge in [-0.2, -0.15) is 0 Å². The molecule has 4 N–H and O–H groups in total. The molecule has 1 unspecified atom stereocenters. The molecular weight excluding hydrogens is 236 g/mol. The maximum absolute atomic E-state index is 11.1. The van der Waals surface area contributed by atoms with Gasteiger partial charge < -0.3 is 20.0 Å². The van der Waals surface area contributed by atoms with E-state index in [1.54, 1.807) is 12.1 Å². The van der Waals surface area contributed by atoms with E-state index in [0.29, 0.717) is 24.3 Å². The fourth-order valence-corrected chi connectivity index (χ4v) is 2.35. The van der Waals surface area contributed by atoms with Crippen molar-refractivity contribution in [3.63, 3.8) is 0 Å². The first-order chi connectivity index (χ1) is 8.65. The molecule has 0 saturated carbocycles. The Morgan fingerprint density at radius 2 is 2.28 bits per heavy atom. The number of oxazole rings is 1. The molecule has 0 bridgehead atoms. The van der Waals surface area contributed by atoms with Crippen LogP contribution in [0.3, 0.4) is 0 Å². The van der Waals surface area contributed by atoms with Crippen molar-refractivity contribution in [3.05, 3.63) is 34.3 Å². The second-order valence-electron chi connectivity index (χ2n) is 4.63. The smallest absolute Gasteiger partial charge is 0.408 e. The molecule has 1 atom stereocenters. The number of nitrogens with one attached hydrogen (secondary N) is 1. The molecular formula is C12H14N2O4. The van der Waals surface area contributed by atoms with Gasteiger partial charge in [-0.25, -0.2) is 4.79 Å². The predicted octanol–water partition coefficient (Wildman–Crippen LogP) is -0.291. The summed E-state index contributed by atoms with van der Waals surface area (Å²) < 4.78 is 10.2. The van der Waals surface area contributed by atoms with Crippen LogP contribution in [0.2, 0.25) is 0 Å². The third kappa shape index (κ3) is 1.50. The molecule has 6 nitrogen and oxygen atoms in total. The lowest BCUT2D eigenvalue weighted by atomic mass is 9.74. The van der Waals surface area contributed by atoms with Gasteiger partial charge >= 0.3 is 5.76 Å². The molecule has 18 heavy (non-hydrogen) atoms. The summed E-state index contributed by atoms with van der Waals surface area (Å²) in [6, 6.07) is 5.38. The maximum Gasteiger partial charge on any atom is 0.417 e. The van der Waals surface area contributed by atoms with E-state index in [-0.39, 0.29) is 6.54 Å². The van der Waals surface area contributed by atoms with E-state index < -0.39 is 17.3 Å². The van der Waals surface area contributed by atoms with E-state index in [2.05, 4.69) is 4.98 Å². The van der Waals surface area contributed by atoms with E-state index in [0.717, 1.165) is 5.56 Å². The van der Waals surface area contributed by atoms with Crippen molar-refractivity contribution >= 4 is 11.1 Å². The summed E-state index contributed by atoms with van der Waals surface area (Å²) in [6.45, 7) is 1.01. The van der Waals surface area contributed by atoms with Gasteiger partial charge in [-0.15, -0.1) is 0 Å². The first kappa shape index (κ1) is 11.5. The summed E-state index contributed by atoms with van der Waals surface area (Å²) in [6.07, 6.45) is -0.672. The van der Waals surface area contributed by atoms with Crippen LogP contribution in [-0.4, -0.2) is 36.0 Å². The normalized spacial score (nSPS) is 19.7. The highest BCUT2D eigenvalue weighted by atomic mass is 16.5. The Bertz CT molecular complexity index is 626. The molecule has 1 aromatic heterocycles. The number of aromatic amines is 1.